The molecular weight excluding hydrogens is 721 g/mol. The second-order valence-electron chi connectivity index (χ2n) is 9.77. The van der Waals surface area contributed by atoms with Crippen LogP contribution >= 0.6 is 46.4 Å². The number of benzene rings is 2. The molecule has 0 unspecified atom stereocenters. The predicted molar refractivity (Wildman–Crippen MR) is 170 cm³/mol. The summed E-state index contributed by atoms with van der Waals surface area (Å²) in [6.07, 6.45) is 5.70. The number of nitrogens with zero attached hydrogens (tertiary/aromatic N) is 4. The van der Waals surface area contributed by atoms with Crippen LogP contribution in [0.2, 0.25) is 20.1 Å². The Labute approximate surface area is 320 Å². The quantitative estimate of drug-likeness (QED) is 0.157. The molecule has 0 amide bonds. The number of halogens is 4. The van der Waals surface area contributed by atoms with Crippen molar-refractivity contribution < 1.29 is 81.9 Å². The van der Waals surface area contributed by atoms with E-state index in [2.05, 4.69) is 0 Å². The van der Waals surface area contributed by atoms with E-state index in [1.807, 2.05) is 51.0 Å². The first-order valence-electron chi connectivity index (χ1n) is 13.4. The van der Waals surface area contributed by atoms with Gasteiger partial charge in [0, 0.05) is 42.8 Å². The van der Waals surface area contributed by atoms with E-state index in [4.69, 9.17) is 46.4 Å². The van der Waals surface area contributed by atoms with Crippen LogP contribution < -0.4 is 65.8 Å². The Morgan fingerprint density at radius 2 is 1.34 bits per heavy atom. The van der Waals surface area contributed by atoms with Crippen LogP contribution in [0.1, 0.15) is 32.5 Å². The van der Waals surface area contributed by atoms with Crippen molar-refractivity contribution in [2.45, 2.75) is 39.8 Å². The summed E-state index contributed by atoms with van der Waals surface area (Å²) in [4.78, 5) is 3.88. The molecule has 10 nitrogen and oxygen atoms in total. The summed E-state index contributed by atoms with van der Waals surface area (Å²) >= 11 is 25.3. The molecule has 1 aromatic heterocycles. The van der Waals surface area contributed by atoms with Gasteiger partial charge in [0.25, 0.3) is 5.82 Å². The van der Waals surface area contributed by atoms with Crippen molar-refractivity contribution in [1.29, 1.82) is 0 Å². The molecular formula is C27H29Cl4KN4O6S2. The van der Waals surface area contributed by atoms with Crippen molar-refractivity contribution >= 4 is 95.1 Å². The molecule has 4 rings (SSSR count). The summed E-state index contributed by atoms with van der Waals surface area (Å²) in [6.45, 7) is 5.48. The van der Waals surface area contributed by atoms with Crippen molar-refractivity contribution in [3.63, 3.8) is 0 Å². The van der Waals surface area contributed by atoms with Crippen LogP contribution in [0.15, 0.2) is 42.2 Å². The monoisotopic (exact) mass is 748 g/mol. The van der Waals surface area contributed by atoms with Crippen molar-refractivity contribution in [2.75, 3.05) is 34.4 Å². The van der Waals surface area contributed by atoms with Crippen LogP contribution in [0, 0.1) is 0 Å². The van der Waals surface area contributed by atoms with Crippen LogP contribution in [0.25, 0.3) is 17.1 Å². The maximum atomic E-state index is 11.3. The summed E-state index contributed by atoms with van der Waals surface area (Å²) < 4.78 is 71.7. The van der Waals surface area contributed by atoms with E-state index in [-0.39, 0.29) is 77.3 Å². The minimum atomic E-state index is -4.40. The van der Waals surface area contributed by atoms with E-state index in [0.717, 1.165) is 22.4 Å². The fourth-order valence-electron chi connectivity index (χ4n) is 5.22. The average molecular weight is 751 g/mol. The largest absolute Gasteiger partial charge is 1.00 e. The summed E-state index contributed by atoms with van der Waals surface area (Å²) in [5, 5.41) is 1.40. The van der Waals surface area contributed by atoms with Crippen LogP contribution in [0.3, 0.4) is 0 Å². The van der Waals surface area contributed by atoms with Gasteiger partial charge in [-0.05, 0) is 44.9 Å². The third-order valence-electron chi connectivity index (χ3n) is 6.98. The molecule has 2 heterocycles. The minimum Gasteiger partial charge on any atom is -0.748 e. The average Bonchev–Trinajstić information content (AvgIpc) is 3.34. The Bertz CT molecular complexity index is 1830. The molecule has 0 radical (unpaired) electrons. The van der Waals surface area contributed by atoms with Crippen molar-refractivity contribution in [2.24, 2.45) is 0 Å². The third-order valence-corrected chi connectivity index (χ3v) is 10.0. The molecule has 44 heavy (non-hydrogen) atoms. The standard InChI is InChI=1S/C27H30Cl4N4O6S2.K/c1-3-32-22-14-18(28)20(30)16-24(22)34(10-6-12-42(36,37)38)26(32)8-5-9-27-33(4-2)23-15-19(29)21(31)17-25(23)35(27)11-7-13-43(39,40)41;/h5,8-9,14-17H,3-4,6-7,10-13H2,1-2H3,(H-,36,37,38,39,40,41);/q;+1/p-1. The van der Waals surface area contributed by atoms with Gasteiger partial charge in [0.05, 0.1) is 64.8 Å². The van der Waals surface area contributed by atoms with Crippen LogP contribution in [0.5, 0.6) is 0 Å². The van der Waals surface area contributed by atoms with Gasteiger partial charge < -0.3 is 18.9 Å². The molecule has 1 aliphatic rings. The zero-order valence-corrected chi connectivity index (χ0v) is 32.0. The van der Waals surface area contributed by atoms with Gasteiger partial charge in [0.1, 0.15) is 5.82 Å². The number of aryl methyl sites for hydroxylation is 2. The molecule has 0 saturated heterocycles. The first kappa shape index (κ1) is 38.1. The predicted octanol–water partition coefficient (Wildman–Crippen LogP) is 2.64. The summed E-state index contributed by atoms with van der Waals surface area (Å²) in [5.74, 6) is 0.390. The van der Waals surface area contributed by atoms with E-state index < -0.39 is 31.7 Å². The van der Waals surface area contributed by atoms with Crippen molar-refractivity contribution in [1.82, 2.24) is 4.57 Å². The number of aromatic nitrogens is 2. The number of fused-ring (bicyclic) bond motifs is 2. The first-order valence-corrected chi connectivity index (χ1v) is 18.0. The van der Waals surface area contributed by atoms with Crippen LogP contribution in [-0.2, 0) is 33.3 Å². The molecule has 234 valence electrons. The van der Waals surface area contributed by atoms with Gasteiger partial charge in [0.15, 0.2) is 11.0 Å². The van der Waals surface area contributed by atoms with Gasteiger partial charge in [-0.3, -0.25) is 0 Å². The fraction of sp³-hybridized carbons (Fsp3) is 0.370. The Balaban J connectivity index is 0.00000529. The number of allylic oxidation sites excluding steroid dienone is 2. The molecule has 17 heteroatoms. The van der Waals surface area contributed by atoms with Crippen LogP contribution in [0.4, 0.5) is 11.4 Å². The summed E-state index contributed by atoms with van der Waals surface area (Å²) in [5.41, 5.74) is 3.00. The number of hydrogen-bond donors (Lipinski definition) is 0. The van der Waals surface area contributed by atoms with E-state index in [1.54, 1.807) is 24.3 Å². The number of anilines is 2. The van der Waals surface area contributed by atoms with Gasteiger partial charge in [-0.15, -0.1) is 0 Å². The normalized spacial score (nSPS) is 14.7. The maximum absolute atomic E-state index is 11.3. The van der Waals surface area contributed by atoms with Crippen molar-refractivity contribution in [3.8, 4) is 0 Å². The Morgan fingerprint density at radius 1 is 0.795 bits per heavy atom. The zero-order chi connectivity index (χ0) is 31.7. The zero-order valence-electron chi connectivity index (χ0n) is 24.3. The van der Waals surface area contributed by atoms with Gasteiger partial charge >= 0.3 is 51.4 Å². The smallest absolute Gasteiger partial charge is 0.748 e. The van der Waals surface area contributed by atoms with Crippen molar-refractivity contribution in [3.05, 3.63) is 68.2 Å². The molecule has 1 aliphatic heterocycles. The first-order chi connectivity index (χ1) is 20.1. The van der Waals surface area contributed by atoms with Gasteiger partial charge in [-0.25, -0.2) is 26.0 Å². The van der Waals surface area contributed by atoms with E-state index in [0.29, 0.717) is 44.8 Å². The second-order valence-corrected chi connectivity index (χ2v) is 14.5. The Kier molecular flexibility index (Phi) is 13.6. The molecule has 0 spiro atoms. The number of hydrogen-bond acceptors (Lipinski definition) is 8. The number of imidazole rings is 1. The van der Waals surface area contributed by atoms with E-state index in [9.17, 15) is 25.9 Å². The Morgan fingerprint density at radius 3 is 1.91 bits per heavy atom. The summed E-state index contributed by atoms with van der Waals surface area (Å²) in [7, 11) is -8.80. The van der Waals surface area contributed by atoms with Gasteiger partial charge in [0.2, 0.25) is 0 Å². The van der Waals surface area contributed by atoms with E-state index in [1.165, 1.54) is 0 Å². The Hall–Kier alpha value is -0.394. The van der Waals surface area contributed by atoms with Gasteiger partial charge in [-0.2, -0.15) is 0 Å². The third kappa shape index (κ3) is 8.94. The molecule has 3 aromatic rings. The van der Waals surface area contributed by atoms with Crippen LogP contribution in [-0.4, -0.2) is 55.1 Å². The molecule has 2 aromatic carbocycles. The summed E-state index contributed by atoms with van der Waals surface area (Å²) in [6, 6.07) is 6.90. The van der Waals surface area contributed by atoms with E-state index >= 15 is 0 Å². The molecule has 0 saturated carbocycles. The second kappa shape index (κ2) is 15.7. The minimum absolute atomic E-state index is 0. The molecule has 0 fully saturated rings. The maximum Gasteiger partial charge on any atom is 1.00 e. The molecule has 0 N–H and O–H groups in total. The fourth-order valence-corrected chi connectivity index (χ4v) is 6.81. The number of rotatable bonds is 12. The van der Waals surface area contributed by atoms with Gasteiger partial charge in [-0.1, -0.05) is 52.5 Å². The molecule has 0 bridgehead atoms. The topological polar surface area (TPSA) is 130 Å². The SMILES string of the molecule is CCN1C(=CC=Cc2n(CC)c3cc(Cl)c(Cl)cc3[n+]2CCCS(=O)(=O)[O-])N(CCCS(=O)(=O)[O-])c2cc(Cl)c(Cl)cc21.[K+]. The molecule has 0 aliphatic carbocycles. The molecule has 0 atom stereocenters.